The van der Waals surface area contributed by atoms with Crippen LogP contribution in [-0.4, -0.2) is 83.2 Å². The van der Waals surface area contributed by atoms with Crippen molar-refractivity contribution in [3.63, 3.8) is 0 Å². The van der Waals surface area contributed by atoms with Gasteiger partial charge in [-0.1, -0.05) is 15.9 Å². The summed E-state index contributed by atoms with van der Waals surface area (Å²) in [5.41, 5.74) is 1.40. The number of nitrogens with one attached hydrogen (secondary N) is 1. The number of piperazine rings is 1. The van der Waals surface area contributed by atoms with Crippen LogP contribution in [0.3, 0.4) is 0 Å². The molecule has 1 aromatic carbocycles. The van der Waals surface area contributed by atoms with Gasteiger partial charge in [-0.25, -0.2) is 8.42 Å². The zero-order valence-corrected chi connectivity index (χ0v) is 18.6. The Morgan fingerprint density at radius 2 is 1.93 bits per heavy atom. The third kappa shape index (κ3) is 7.06. The molecule has 1 fully saturated rings. The molecule has 0 bridgehead atoms. The van der Waals surface area contributed by atoms with Gasteiger partial charge >= 0.3 is 0 Å². The molecule has 27 heavy (non-hydrogen) atoms. The van der Waals surface area contributed by atoms with Crippen molar-refractivity contribution in [1.82, 2.24) is 15.1 Å². The first kappa shape index (κ1) is 22.1. The second-order valence-electron chi connectivity index (χ2n) is 7.05. The third-order valence-electron chi connectivity index (χ3n) is 4.69. The van der Waals surface area contributed by atoms with E-state index >= 15 is 0 Å². The molecule has 1 aliphatic heterocycles. The van der Waals surface area contributed by atoms with Crippen LogP contribution in [-0.2, 0) is 14.8 Å². The monoisotopic (exact) mass is 460 g/mol. The number of carbonyl (C=O) groups excluding carboxylic acids is 1. The maximum Gasteiger partial charge on any atom is 0.240 e. The molecule has 2 rings (SSSR count). The number of carbonyl (C=O) groups is 1. The smallest absolute Gasteiger partial charge is 0.240 e. The van der Waals surface area contributed by atoms with E-state index in [2.05, 4.69) is 38.1 Å². The quantitative estimate of drug-likeness (QED) is 0.591. The van der Waals surface area contributed by atoms with Crippen LogP contribution >= 0.6 is 15.9 Å². The van der Waals surface area contributed by atoms with Crippen molar-refractivity contribution in [1.29, 1.82) is 0 Å². The van der Waals surface area contributed by atoms with Crippen LogP contribution in [0.5, 0.6) is 0 Å². The van der Waals surface area contributed by atoms with E-state index in [0.717, 1.165) is 59.7 Å². The van der Waals surface area contributed by atoms with Crippen LogP contribution in [0.25, 0.3) is 0 Å². The number of benzene rings is 1. The fourth-order valence-corrected chi connectivity index (χ4v) is 4.07. The molecule has 7 nitrogen and oxygen atoms in total. The van der Waals surface area contributed by atoms with Crippen molar-refractivity contribution in [2.75, 3.05) is 63.4 Å². The topological polar surface area (TPSA) is 73.0 Å². The van der Waals surface area contributed by atoms with Gasteiger partial charge in [0.2, 0.25) is 15.9 Å². The predicted molar refractivity (Wildman–Crippen MR) is 113 cm³/mol. The number of likely N-dealkylation sites (N-methyl/N-ethyl adjacent to an activating group) is 1. The van der Waals surface area contributed by atoms with Crippen molar-refractivity contribution in [3.8, 4) is 0 Å². The van der Waals surface area contributed by atoms with E-state index in [-0.39, 0.29) is 12.5 Å². The number of amides is 1. The lowest BCUT2D eigenvalue weighted by Gasteiger charge is -2.32. The minimum Gasteiger partial charge on any atom is -0.354 e. The maximum atomic E-state index is 12.3. The van der Waals surface area contributed by atoms with Crippen LogP contribution in [0.1, 0.15) is 12.0 Å². The SMILES string of the molecule is Cc1cc(N(CC(=O)NCCCN2CCN(C)CC2)S(C)(=O)=O)ccc1Br. The van der Waals surface area contributed by atoms with Crippen molar-refractivity contribution in [2.45, 2.75) is 13.3 Å². The summed E-state index contributed by atoms with van der Waals surface area (Å²) in [6, 6.07) is 5.24. The first-order valence-electron chi connectivity index (χ1n) is 9.08. The lowest BCUT2D eigenvalue weighted by Crippen LogP contribution is -2.45. The van der Waals surface area contributed by atoms with Gasteiger partial charge in [0.1, 0.15) is 6.54 Å². The zero-order valence-electron chi connectivity index (χ0n) is 16.2. The number of rotatable bonds is 8. The number of anilines is 1. The fourth-order valence-electron chi connectivity index (χ4n) is 2.97. The summed E-state index contributed by atoms with van der Waals surface area (Å²) in [7, 11) is -1.43. The van der Waals surface area contributed by atoms with E-state index in [9.17, 15) is 13.2 Å². The molecule has 9 heteroatoms. The van der Waals surface area contributed by atoms with Crippen LogP contribution in [0.2, 0.25) is 0 Å². The number of nitrogens with zero attached hydrogens (tertiary/aromatic N) is 3. The van der Waals surface area contributed by atoms with E-state index in [0.29, 0.717) is 12.2 Å². The van der Waals surface area contributed by atoms with Crippen molar-refractivity contribution >= 4 is 37.5 Å². The van der Waals surface area contributed by atoms with Gasteiger partial charge in [-0.15, -0.1) is 0 Å². The van der Waals surface area contributed by atoms with Gasteiger partial charge in [0.05, 0.1) is 11.9 Å². The van der Waals surface area contributed by atoms with Crippen LogP contribution in [0, 0.1) is 6.92 Å². The normalized spacial score (nSPS) is 16.3. The standard InChI is InChI=1S/C18H29BrN4O3S/c1-15-13-16(5-6-17(15)19)23(27(3,25)26)14-18(24)20-7-4-8-22-11-9-21(2)10-12-22/h5-6,13H,4,7-12,14H2,1-3H3,(H,20,24). The molecule has 0 unspecified atom stereocenters. The highest BCUT2D eigenvalue weighted by Crippen LogP contribution is 2.24. The Morgan fingerprint density at radius 3 is 2.52 bits per heavy atom. The Labute approximate surface area is 170 Å². The number of hydrogen-bond donors (Lipinski definition) is 1. The van der Waals surface area contributed by atoms with Gasteiger partial charge in [0.15, 0.2) is 0 Å². The molecule has 0 radical (unpaired) electrons. The van der Waals surface area contributed by atoms with E-state index < -0.39 is 10.0 Å². The molecule has 1 amide bonds. The predicted octanol–water partition coefficient (Wildman–Crippen LogP) is 1.28. The molecule has 0 aliphatic carbocycles. The van der Waals surface area contributed by atoms with Crippen molar-refractivity contribution in [3.05, 3.63) is 28.2 Å². The molecule has 1 heterocycles. The van der Waals surface area contributed by atoms with E-state index in [1.165, 1.54) is 0 Å². The van der Waals surface area contributed by atoms with Gasteiger partial charge in [0, 0.05) is 37.2 Å². The summed E-state index contributed by atoms with van der Waals surface area (Å²) in [6.45, 7) is 7.40. The highest BCUT2D eigenvalue weighted by Gasteiger charge is 2.21. The highest BCUT2D eigenvalue weighted by atomic mass is 79.9. The Kier molecular flexibility index (Phi) is 8.08. The number of sulfonamides is 1. The second kappa shape index (κ2) is 9.86. The third-order valence-corrected chi connectivity index (χ3v) is 6.72. The van der Waals surface area contributed by atoms with Crippen molar-refractivity contribution < 1.29 is 13.2 Å². The minimum absolute atomic E-state index is 0.214. The molecule has 0 aromatic heterocycles. The lowest BCUT2D eigenvalue weighted by atomic mass is 10.2. The van der Waals surface area contributed by atoms with Crippen molar-refractivity contribution in [2.24, 2.45) is 0 Å². The molecule has 1 aliphatic rings. The highest BCUT2D eigenvalue weighted by molar-refractivity contribution is 9.10. The van der Waals surface area contributed by atoms with Gasteiger partial charge in [-0.05, 0) is 50.7 Å². The van der Waals surface area contributed by atoms with Crippen LogP contribution in [0.15, 0.2) is 22.7 Å². The van der Waals surface area contributed by atoms with Crippen LogP contribution < -0.4 is 9.62 Å². The Balaban J connectivity index is 1.84. The molecular weight excluding hydrogens is 432 g/mol. The molecule has 1 saturated heterocycles. The summed E-state index contributed by atoms with van der Waals surface area (Å²) >= 11 is 3.40. The van der Waals surface area contributed by atoms with Gasteiger partial charge in [-0.3, -0.25) is 9.10 Å². The summed E-state index contributed by atoms with van der Waals surface area (Å²) in [4.78, 5) is 17.0. The first-order valence-corrected chi connectivity index (χ1v) is 11.7. The zero-order chi connectivity index (χ0) is 20.0. The molecule has 152 valence electrons. The first-order chi connectivity index (χ1) is 12.7. The average molecular weight is 461 g/mol. The summed E-state index contributed by atoms with van der Waals surface area (Å²) in [6.07, 6.45) is 1.97. The lowest BCUT2D eigenvalue weighted by molar-refractivity contribution is -0.119. The van der Waals surface area contributed by atoms with Crippen LogP contribution in [0.4, 0.5) is 5.69 Å². The fraction of sp³-hybridized carbons (Fsp3) is 0.611. The van der Waals surface area contributed by atoms with E-state index in [4.69, 9.17) is 0 Å². The minimum atomic E-state index is -3.55. The van der Waals surface area contributed by atoms with E-state index in [1.807, 2.05) is 6.92 Å². The molecule has 1 N–H and O–H groups in total. The summed E-state index contributed by atoms with van der Waals surface area (Å²) < 4.78 is 26.3. The maximum absolute atomic E-state index is 12.3. The molecule has 0 saturated carbocycles. The Morgan fingerprint density at radius 1 is 1.26 bits per heavy atom. The number of aryl methyl sites for hydroxylation is 1. The number of halogens is 1. The van der Waals surface area contributed by atoms with E-state index in [1.54, 1.807) is 18.2 Å². The Hall–Kier alpha value is -1.16. The Bertz CT molecular complexity index is 749. The molecule has 1 aromatic rings. The molecule has 0 atom stereocenters. The second-order valence-corrected chi connectivity index (χ2v) is 9.81. The summed E-state index contributed by atoms with van der Waals surface area (Å²) in [5, 5.41) is 2.84. The molecular formula is C18H29BrN4O3S. The van der Waals surface area contributed by atoms with Gasteiger partial charge < -0.3 is 15.1 Å². The largest absolute Gasteiger partial charge is 0.354 e. The average Bonchev–Trinajstić information content (AvgIpc) is 2.60. The van der Waals surface area contributed by atoms with Gasteiger partial charge in [-0.2, -0.15) is 0 Å². The summed E-state index contributed by atoms with van der Waals surface area (Å²) in [5.74, 6) is -0.292. The van der Waals surface area contributed by atoms with Gasteiger partial charge in [0.25, 0.3) is 0 Å². The molecule has 0 spiro atoms. The number of hydrogen-bond acceptors (Lipinski definition) is 5.